The van der Waals surface area contributed by atoms with Crippen LogP contribution in [0.2, 0.25) is 0 Å². The van der Waals surface area contributed by atoms with E-state index in [1.54, 1.807) is 6.33 Å². The zero-order valence-corrected chi connectivity index (χ0v) is 12.4. The van der Waals surface area contributed by atoms with Crippen molar-refractivity contribution in [3.63, 3.8) is 0 Å². The minimum atomic E-state index is 0.134. The van der Waals surface area contributed by atoms with Crippen LogP contribution in [0.4, 0.5) is 0 Å². The van der Waals surface area contributed by atoms with Crippen molar-refractivity contribution in [2.45, 2.75) is 46.6 Å². The second-order valence-corrected chi connectivity index (χ2v) is 4.88. The fourth-order valence-corrected chi connectivity index (χ4v) is 1.90. The molecule has 2 N–H and O–H groups in total. The van der Waals surface area contributed by atoms with Gasteiger partial charge in [0, 0.05) is 19.2 Å². The Kier molecular flexibility index (Phi) is 5.66. The van der Waals surface area contributed by atoms with Crippen molar-refractivity contribution in [3.05, 3.63) is 12.2 Å². The van der Waals surface area contributed by atoms with Crippen LogP contribution in [0.15, 0.2) is 11.3 Å². The Bertz CT molecular complexity index is 448. The first-order valence-electron chi connectivity index (χ1n) is 6.68. The van der Waals surface area contributed by atoms with E-state index in [1.165, 1.54) is 0 Å². The molecule has 106 valence electrons. The van der Waals surface area contributed by atoms with Crippen LogP contribution in [-0.2, 0) is 6.42 Å². The van der Waals surface area contributed by atoms with E-state index in [2.05, 4.69) is 29.4 Å². The van der Waals surface area contributed by atoms with Gasteiger partial charge in [0.05, 0.1) is 6.04 Å². The molecule has 0 saturated heterocycles. The number of aliphatic imine (C=N–C) groups is 1. The maximum atomic E-state index is 7.56. The maximum Gasteiger partial charge on any atom is 0.205 e. The molecule has 0 aliphatic carbocycles. The van der Waals surface area contributed by atoms with Gasteiger partial charge in [0.25, 0.3) is 0 Å². The van der Waals surface area contributed by atoms with Gasteiger partial charge in [-0.3, -0.25) is 4.57 Å². The van der Waals surface area contributed by atoms with Crippen molar-refractivity contribution in [2.24, 2.45) is 10.9 Å². The molecule has 0 aromatic carbocycles. The van der Waals surface area contributed by atoms with E-state index in [1.807, 2.05) is 25.5 Å². The molecule has 1 aromatic rings. The Morgan fingerprint density at radius 1 is 1.53 bits per heavy atom. The highest BCUT2D eigenvalue weighted by Gasteiger charge is 2.14. The minimum absolute atomic E-state index is 0.134. The van der Waals surface area contributed by atoms with Gasteiger partial charge in [-0.15, -0.1) is 10.2 Å². The Morgan fingerprint density at radius 3 is 2.74 bits per heavy atom. The summed E-state index contributed by atoms with van der Waals surface area (Å²) in [5.74, 6) is 1.97. The van der Waals surface area contributed by atoms with Gasteiger partial charge >= 0.3 is 0 Å². The molecule has 0 spiro atoms. The van der Waals surface area contributed by atoms with Gasteiger partial charge in [0.15, 0.2) is 0 Å². The van der Waals surface area contributed by atoms with Crippen LogP contribution in [0.3, 0.4) is 0 Å². The summed E-state index contributed by atoms with van der Waals surface area (Å²) in [5.41, 5.74) is 0.694. The van der Waals surface area contributed by atoms with E-state index in [9.17, 15) is 0 Å². The highest BCUT2D eigenvalue weighted by Crippen LogP contribution is 2.12. The quantitative estimate of drug-likeness (QED) is 0.628. The number of hydrogen-bond donors (Lipinski definition) is 2. The molecule has 0 fully saturated rings. The van der Waals surface area contributed by atoms with Crippen LogP contribution in [0, 0.1) is 11.3 Å². The molecule has 6 heteroatoms. The minimum Gasteiger partial charge on any atom is -0.359 e. The van der Waals surface area contributed by atoms with E-state index in [4.69, 9.17) is 10.4 Å². The predicted octanol–water partition coefficient (Wildman–Crippen LogP) is 1.72. The van der Waals surface area contributed by atoms with Crippen molar-refractivity contribution in [1.29, 1.82) is 5.41 Å². The summed E-state index contributed by atoms with van der Waals surface area (Å²) in [6.07, 6.45) is 3.25. The highest BCUT2D eigenvalue weighted by molar-refractivity contribution is 5.82. The third kappa shape index (κ3) is 4.15. The van der Waals surface area contributed by atoms with Gasteiger partial charge in [-0.1, -0.05) is 13.8 Å². The highest BCUT2D eigenvalue weighted by atomic mass is 15.3. The smallest absolute Gasteiger partial charge is 0.205 e. The van der Waals surface area contributed by atoms with E-state index >= 15 is 0 Å². The van der Waals surface area contributed by atoms with Crippen molar-refractivity contribution in [1.82, 2.24) is 20.1 Å². The summed E-state index contributed by atoms with van der Waals surface area (Å²) in [6.45, 7) is 8.06. The average Bonchev–Trinajstić information content (AvgIpc) is 2.82. The summed E-state index contributed by atoms with van der Waals surface area (Å²) >= 11 is 0. The van der Waals surface area contributed by atoms with E-state index in [0.717, 1.165) is 24.6 Å². The standard InChI is InChI=1S/C13H24N6/c1-6-12-18-16-8-19(12)13(15-5)17-11(4)9(2)7-10(3)14/h8-9,11,14H,6-7H2,1-5H3,(H,15,17)/t9?,11-/m0/s1. The lowest BCUT2D eigenvalue weighted by Crippen LogP contribution is -2.30. The van der Waals surface area contributed by atoms with Crippen LogP contribution < -0.4 is 5.32 Å². The summed E-state index contributed by atoms with van der Waals surface area (Å²) in [4.78, 5) is 4.69. The van der Waals surface area contributed by atoms with Gasteiger partial charge in [0.2, 0.25) is 5.96 Å². The molecule has 0 aliphatic rings. The van der Waals surface area contributed by atoms with Crippen LogP contribution >= 0.6 is 0 Å². The monoisotopic (exact) mass is 264 g/mol. The first-order valence-corrected chi connectivity index (χ1v) is 6.68. The lowest BCUT2D eigenvalue weighted by molar-refractivity contribution is 0.498. The molecule has 0 aliphatic heterocycles. The van der Waals surface area contributed by atoms with Crippen LogP contribution in [0.25, 0.3) is 0 Å². The summed E-state index contributed by atoms with van der Waals surface area (Å²) in [7, 11) is 1.84. The van der Waals surface area contributed by atoms with Crippen LogP contribution in [0.5, 0.6) is 0 Å². The molecule has 0 bridgehead atoms. The molecule has 1 unspecified atom stereocenters. The lowest BCUT2D eigenvalue weighted by Gasteiger charge is -2.18. The second-order valence-electron chi connectivity index (χ2n) is 4.88. The van der Waals surface area contributed by atoms with E-state index in [0.29, 0.717) is 11.6 Å². The maximum absolute atomic E-state index is 7.56. The number of nitrogens with zero attached hydrogens (tertiary/aromatic N) is 4. The van der Waals surface area contributed by atoms with Gasteiger partial charge < -0.3 is 10.7 Å². The van der Waals surface area contributed by atoms with Gasteiger partial charge in [-0.25, -0.2) is 4.99 Å². The second kappa shape index (κ2) is 7.01. The number of aromatic nitrogens is 3. The third-order valence-electron chi connectivity index (χ3n) is 3.16. The zero-order chi connectivity index (χ0) is 14.4. The van der Waals surface area contributed by atoms with Crippen molar-refractivity contribution in [2.75, 3.05) is 7.05 Å². The molecular formula is C13H24N6. The molecule has 6 nitrogen and oxygen atoms in total. The zero-order valence-electron chi connectivity index (χ0n) is 12.4. The molecule has 1 heterocycles. The van der Waals surface area contributed by atoms with Gasteiger partial charge in [0.1, 0.15) is 12.2 Å². The van der Waals surface area contributed by atoms with Crippen LogP contribution in [0.1, 0.15) is 39.9 Å². The molecular weight excluding hydrogens is 240 g/mol. The third-order valence-corrected chi connectivity index (χ3v) is 3.16. The predicted molar refractivity (Wildman–Crippen MR) is 77.9 cm³/mol. The Hall–Kier alpha value is -1.72. The first kappa shape index (κ1) is 15.3. The van der Waals surface area contributed by atoms with Crippen LogP contribution in [-0.4, -0.2) is 39.5 Å². The molecule has 1 rings (SSSR count). The molecule has 0 saturated carbocycles. The average molecular weight is 264 g/mol. The number of hydrogen-bond acceptors (Lipinski definition) is 4. The normalized spacial score (nSPS) is 15.1. The fourth-order valence-electron chi connectivity index (χ4n) is 1.90. The van der Waals surface area contributed by atoms with E-state index in [-0.39, 0.29) is 6.04 Å². The number of nitrogens with one attached hydrogen (secondary N) is 2. The summed E-state index contributed by atoms with van der Waals surface area (Å²) < 4.78 is 1.88. The SMILES string of the molecule is CCc1nncn1/C(=N\[C@@H](C)C(C)CC(C)=N)NC. The Balaban J connectivity index is 2.90. The topological polar surface area (TPSA) is 79.0 Å². The van der Waals surface area contributed by atoms with Crippen molar-refractivity contribution >= 4 is 11.7 Å². The largest absolute Gasteiger partial charge is 0.359 e. The molecule has 0 radical (unpaired) electrons. The first-order chi connectivity index (χ1) is 8.99. The van der Waals surface area contributed by atoms with Crippen molar-refractivity contribution < 1.29 is 0 Å². The van der Waals surface area contributed by atoms with Crippen molar-refractivity contribution in [3.8, 4) is 0 Å². The summed E-state index contributed by atoms with van der Waals surface area (Å²) in [5, 5.41) is 18.6. The fraction of sp³-hybridized carbons (Fsp3) is 0.692. The molecule has 2 atom stereocenters. The number of aryl methyl sites for hydroxylation is 1. The van der Waals surface area contributed by atoms with Gasteiger partial charge in [-0.2, -0.15) is 0 Å². The Morgan fingerprint density at radius 2 is 2.21 bits per heavy atom. The van der Waals surface area contributed by atoms with E-state index < -0.39 is 0 Å². The molecule has 19 heavy (non-hydrogen) atoms. The lowest BCUT2D eigenvalue weighted by atomic mass is 9.98. The Labute approximate surface area is 114 Å². The van der Waals surface area contributed by atoms with Gasteiger partial charge in [-0.05, 0) is 26.2 Å². The summed E-state index contributed by atoms with van der Waals surface area (Å²) in [6, 6.07) is 0.134. The molecule has 1 aromatic heterocycles. The number of rotatable bonds is 5. The molecule has 0 amide bonds.